The van der Waals surface area contributed by atoms with Crippen molar-refractivity contribution < 1.29 is 18.3 Å². The highest BCUT2D eigenvalue weighted by Gasteiger charge is 2.43. The van der Waals surface area contributed by atoms with Crippen molar-refractivity contribution in [2.45, 2.75) is 32.6 Å². The number of benzene rings is 1. The summed E-state index contributed by atoms with van der Waals surface area (Å²) >= 11 is 0. The molecule has 0 saturated carbocycles. The molecule has 0 bridgehead atoms. The first-order valence-corrected chi connectivity index (χ1v) is 5.58. The lowest BCUT2D eigenvalue weighted by atomic mass is 10.1. The van der Waals surface area contributed by atoms with E-state index < -0.39 is 6.29 Å². The maximum absolute atomic E-state index is 12.8. The molecule has 1 aliphatic rings. The van der Waals surface area contributed by atoms with E-state index >= 15 is 0 Å². The predicted octanol–water partition coefficient (Wildman–Crippen LogP) is 2.55. The molecule has 1 aromatic rings. The number of nitrogens with one attached hydrogen (secondary N) is 1. The molecule has 0 atom stereocenters. The van der Waals surface area contributed by atoms with Crippen molar-refractivity contribution in [3.8, 4) is 11.5 Å². The first-order chi connectivity index (χ1) is 7.96. The lowest BCUT2D eigenvalue weighted by Crippen LogP contribution is -2.26. The Balaban J connectivity index is 1.99. The number of rotatable bonds is 4. The highest BCUT2D eigenvalue weighted by Crippen LogP contribution is 2.41. The van der Waals surface area contributed by atoms with E-state index in [9.17, 15) is 8.78 Å². The lowest BCUT2D eigenvalue weighted by Gasteiger charge is -2.08. The zero-order valence-electron chi connectivity index (χ0n) is 9.80. The van der Waals surface area contributed by atoms with E-state index in [0.29, 0.717) is 6.04 Å². The largest absolute Gasteiger partial charge is 0.586 e. The number of halogens is 2. The van der Waals surface area contributed by atoms with Crippen LogP contribution >= 0.6 is 0 Å². The zero-order chi connectivity index (χ0) is 12.5. The van der Waals surface area contributed by atoms with Crippen molar-refractivity contribution in [3.05, 3.63) is 23.8 Å². The lowest BCUT2D eigenvalue weighted by molar-refractivity contribution is -0.286. The number of fused-ring (bicyclic) bond motifs is 1. The molecule has 0 saturated heterocycles. The Kier molecular flexibility index (Phi) is 3.19. The van der Waals surface area contributed by atoms with Crippen LogP contribution in [0, 0.1) is 0 Å². The Bertz CT molecular complexity index is 407. The van der Waals surface area contributed by atoms with Crippen molar-refractivity contribution in [2.24, 2.45) is 0 Å². The van der Waals surface area contributed by atoms with Crippen molar-refractivity contribution in [1.29, 1.82) is 0 Å². The Labute approximate surface area is 98.7 Å². The molecule has 0 aliphatic carbocycles. The summed E-state index contributed by atoms with van der Waals surface area (Å²) in [7, 11) is 0. The van der Waals surface area contributed by atoms with Crippen LogP contribution in [-0.4, -0.2) is 18.9 Å². The third kappa shape index (κ3) is 3.06. The Hall–Kier alpha value is -1.36. The van der Waals surface area contributed by atoms with Crippen LogP contribution in [0.15, 0.2) is 18.2 Å². The van der Waals surface area contributed by atoms with E-state index in [-0.39, 0.29) is 11.5 Å². The molecule has 1 aliphatic heterocycles. The summed E-state index contributed by atoms with van der Waals surface area (Å²) < 4.78 is 34.2. The van der Waals surface area contributed by atoms with E-state index in [4.69, 9.17) is 0 Å². The third-order valence-electron chi connectivity index (χ3n) is 2.43. The molecule has 94 valence electrons. The fourth-order valence-electron chi connectivity index (χ4n) is 1.65. The molecule has 0 amide bonds. The van der Waals surface area contributed by atoms with Crippen LogP contribution in [0.4, 0.5) is 8.78 Å². The van der Waals surface area contributed by atoms with Crippen LogP contribution in [0.2, 0.25) is 0 Å². The fourth-order valence-corrected chi connectivity index (χ4v) is 1.65. The summed E-state index contributed by atoms with van der Waals surface area (Å²) in [5.74, 6) is 0.201. The minimum atomic E-state index is -3.53. The average molecular weight is 243 g/mol. The van der Waals surface area contributed by atoms with Gasteiger partial charge < -0.3 is 14.8 Å². The van der Waals surface area contributed by atoms with Crippen molar-refractivity contribution in [3.63, 3.8) is 0 Å². The summed E-state index contributed by atoms with van der Waals surface area (Å²) in [5, 5.41) is 3.26. The third-order valence-corrected chi connectivity index (χ3v) is 2.43. The number of hydrogen-bond donors (Lipinski definition) is 1. The molecule has 1 N–H and O–H groups in total. The quantitative estimate of drug-likeness (QED) is 0.881. The van der Waals surface area contributed by atoms with Crippen LogP contribution in [0.1, 0.15) is 19.4 Å². The predicted molar refractivity (Wildman–Crippen MR) is 59.5 cm³/mol. The molecule has 5 heteroatoms. The summed E-state index contributed by atoms with van der Waals surface area (Å²) in [6.07, 6.45) is -2.77. The molecule has 1 aromatic carbocycles. The second kappa shape index (κ2) is 4.49. The van der Waals surface area contributed by atoms with Gasteiger partial charge in [0.25, 0.3) is 0 Å². The Morgan fingerprint density at radius 2 is 1.94 bits per heavy atom. The van der Waals surface area contributed by atoms with Crippen molar-refractivity contribution in [1.82, 2.24) is 5.32 Å². The van der Waals surface area contributed by atoms with E-state index in [1.807, 2.05) is 0 Å². The van der Waals surface area contributed by atoms with Gasteiger partial charge in [-0.3, -0.25) is 0 Å². The Morgan fingerprint density at radius 3 is 2.65 bits per heavy atom. The fraction of sp³-hybridized carbons (Fsp3) is 0.500. The van der Waals surface area contributed by atoms with Crippen LogP contribution in [0.5, 0.6) is 11.5 Å². The molecule has 0 aromatic heterocycles. The van der Waals surface area contributed by atoms with Crippen molar-refractivity contribution in [2.75, 3.05) is 6.54 Å². The molecule has 0 radical (unpaired) electrons. The molecule has 0 fully saturated rings. The van der Waals surface area contributed by atoms with Gasteiger partial charge in [0.15, 0.2) is 11.5 Å². The molecule has 1 heterocycles. The van der Waals surface area contributed by atoms with Gasteiger partial charge in [0.2, 0.25) is 0 Å². The van der Waals surface area contributed by atoms with Gasteiger partial charge in [0, 0.05) is 6.04 Å². The van der Waals surface area contributed by atoms with Gasteiger partial charge in [-0.05, 0) is 30.7 Å². The first kappa shape index (κ1) is 12.1. The maximum Gasteiger partial charge on any atom is 0.586 e. The summed E-state index contributed by atoms with van der Waals surface area (Å²) in [6, 6.07) is 5.29. The molecule has 2 rings (SSSR count). The normalized spacial score (nSPS) is 16.5. The first-order valence-electron chi connectivity index (χ1n) is 5.58. The van der Waals surface area contributed by atoms with Gasteiger partial charge >= 0.3 is 6.29 Å². The monoisotopic (exact) mass is 243 g/mol. The second-order valence-electron chi connectivity index (χ2n) is 4.31. The number of ether oxygens (including phenoxy) is 2. The standard InChI is InChI=1S/C12H15F2NO2/c1-8(2)15-6-5-9-3-4-10-11(7-9)17-12(13,14)16-10/h3-4,7-8,15H,5-6H2,1-2H3. The van der Waals surface area contributed by atoms with Gasteiger partial charge in [-0.15, -0.1) is 8.78 Å². The van der Waals surface area contributed by atoms with Gasteiger partial charge in [-0.1, -0.05) is 19.9 Å². The van der Waals surface area contributed by atoms with Crippen LogP contribution in [0.25, 0.3) is 0 Å². The topological polar surface area (TPSA) is 30.5 Å². The van der Waals surface area contributed by atoms with E-state index in [2.05, 4.69) is 28.6 Å². The van der Waals surface area contributed by atoms with Gasteiger partial charge in [0.05, 0.1) is 0 Å². The smallest absolute Gasteiger partial charge is 0.395 e. The molecule has 3 nitrogen and oxygen atoms in total. The highest BCUT2D eigenvalue weighted by atomic mass is 19.3. The highest BCUT2D eigenvalue weighted by molar-refractivity contribution is 5.45. The SMILES string of the molecule is CC(C)NCCc1ccc2c(c1)OC(F)(F)O2. The summed E-state index contributed by atoms with van der Waals surface area (Å²) in [5.41, 5.74) is 0.943. The van der Waals surface area contributed by atoms with E-state index in [0.717, 1.165) is 18.5 Å². The molecule has 0 spiro atoms. The van der Waals surface area contributed by atoms with Gasteiger partial charge in [-0.25, -0.2) is 0 Å². The Morgan fingerprint density at radius 1 is 1.24 bits per heavy atom. The minimum absolute atomic E-state index is 0.0931. The summed E-state index contributed by atoms with van der Waals surface area (Å²) in [6.45, 7) is 4.91. The molecular weight excluding hydrogens is 228 g/mol. The average Bonchev–Trinajstić information content (AvgIpc) is 2.50. The van der Waals surface area contributed by atoms with Gasteiger partial charge in [0.1, 0.15) is 0 Å². The maximum atomic E-state index is 12.8. The molecule has 17 heavy (non-hydrogen) atoms. The van der Waals surface area contributed by atoms with Crippen molar-refractivity contribution >= 4 is 0 Å². The van der Waals surface area contributed by atoms with Gasteiger partial charge in [-0.2, -0.15) is 0 Å². The van der Waals surface area contributed by atoms with Crippen LogP contribution < -0.4 is 14.8 Å². The summed E-state index contributed by atoms with van der Waals surface area (Å²) in [4.78, 5) is 0. The van der Waals surface area contributed by atoms with Crippen LogP contribution in [0.3, 0.4) is 0 Å². The minimum Gasteiger partial charge on any atom is -0.395 e. The molecular formula is C12H15F2NO2. The zero-order valence-corrected chi connectivity index (χ0v) is 9.80. The van der Waals surface area contributed by atoms with Crippen LogP contribution in [-0.2, 0) is 6.42 Å². The second-order valence-corrected chi connectivity index (χ2v) is 4.31. The molecule has 0 unspecified atom stereocenters. The van der Waals surface area contributed by atoms with E-state index in [1.165, 1.54) is 6.07 Å². The number of hydrogen-bond acceptors (Lipinski definition) is 3. The number of alkyl halides is 2. The van der Waals surface area contributed by atoms with E-state index in [1.54, 1.807) is 12.1 Å².